The molecular formula is C13H26N2O2. The topological polar surface area (TPSA) is 50.4 Å². The molecule has 100 valence electrons. The summed E-state index contributed by atoms with van der Waals surface area (Å²) in [5.74, 6) is 0.168. The van der Waals surface area contributed by atoms with Gasteiger partial charge in [-0.3, -0.25) is 4.79 Å². The molecule has 4 heteroatoms. The summed E-state index contributed by atoms with van der Waals surface area (Å²) in [6.45, 7) is 6.65. The van der Waals surface area contributed by atoms with Crippen LogP contribution < -0.4 is 10.6 Å². The lowest BCUT2D eigenvalue weighted by molar-refractivity contribution is -0.122. The molecule has 0 aromatic carbocycles. The van der Waals surface area contributed by atoms with Gasteiger partial charge >= 0.3 is 0 Å². The molecule has 1 heterocycles. The van der Waals surface area contributed by atoms with Crippen LogP contribution in [0.4, 0.5) is 0 Å². The first-order valence-corrected chi connectivity index (χ1v) is 6.83. The zero-order valence-corrected chi connectivity index (χ0v) is 11.1. The molecule has 1 fully saturated rings. The number of amides is 1. The maximum absolute atomic E-state index is 11.6. The fourth-order valence-electron chi connectivity index (χ4n) is 1.96. The van der Waals surface area contributed by atoms with Gasteiger partial charge in [0, 0.05) is 13.2 Å². The molecule has 1 aliphatic rings. The van der Waals surface area contributed by atoms with Crippen molar-refractivity contribution in [1.29, 1.82) is 0 Å². The standard InChI is InChI=1S/C13H26N2O2/c1-11(2)17-10-6-5-8-14-12-7-3-4-9-15-13(12)16/h11-12,14H,3-10H2,1-2H3,(H,15,16). The fourth-order valence-corrected chi connectivity index (χ4v) is 1.96. The summed E-state index contributed by atoms with van der Waals surface area (Å²) in [7, 11) is 0. The first-order valence-electron chi connectivity index (χ1n) is 6.83. The Labute approximate surface area is 104 Å². The van der Waals surface area contributed by atoms with Gasteiger partial charge in [0.05, 0.1) is 12.1 Å². The van der Waals surface area contributed by atoms with E-state index in [1.807, 2.05) is 13.8 Å². The highest BCUT2D eigenvalue weighted by Gasteiger charge is 2.19. The fraction of sp³-hybridized carbons (Fsp3) is 0.923. The van der Waals surface area contributed by atoms with Gasteiger partial charge in [0.15, 0.2) is 0 Å². The Hall–Kier alpha value is -0.610. The van der Waals surface area contributed by atoms with Crippen molar-refractivity contribution in [3.63, 3.8) is 0 Å². The number of rotatable bonds is 7. The summed E-state index contributed by atoms with van der Waals surface area (Å²) in [6, 6.07) is 0.0171. The van der Waals surface area contributed by atoms with Gasteiger partial charge in [-0.05, 0) is 52.5 Å². The predicted octanol–water partition coefficient (Wildman–Crippen LogP) is 1.45. The zero-order chi connectivity index (χ0) is 12.5. The van der Waals surface area contributed by atoms with Crippen LogP contribution in [-0.4, -0.2) is 37.7 Å². The highest BCUT2D eigenvalue weighted by atomic mass is 16.5. The van der Waals surface area contributed by atoms with E-state index in [9.17, 15) is 4.79 Å². The molecule has 1 aliphatic heterocycles. The Kier molecular flexibility index (Phi) is 7.21. The summed E-state index contributed by atoms with van der Waals surface area (Å²) < 4.78 is 5.47. The molecule has 1 rings (SSSR count). The summed E-state index contributed by atoms with van der Waals surface area (Å²) in [6.07, 6.45) is 5.64. The molecule has 1 unspecified atom stereocenters. The van der Waals surface area contributed by atoms with Gasteiger partial charge < -0.3 is 15.4 Å². The highest BCUT2D eigenvalue weighted by molar-refractivity contribution is 5.81. The summed E-state index contributed by atoms with van der Waals surface area (Å²) in [5.41, 5.74) is 0. The van der Waals surface area contributed by atoms with Crippen molar-refractivity contribution in [2.24, 2.45) is 0 Å². The zero-order valence-electron chi connectivity index (χ0n) is 11.1. The van der Waals surface area contributed by atoms with E-state index < -0.39 is 0 Å². The van der Waals surface area contributed by atoms with E-state index in [2.05, 4.69) is 10.6 Å². The minimum absolute atomic E-state index is 0.0171. The first-order chi connectivity index (χ1) is 8.20. The maximum Gasteiger partial charge on any atom is 0.237 e. The molecule has 0 aromatic heterocycles. The quantitative estimate of drug-likeness (QED) is 0.664. The molecule has 0 radical (unpaired) electrons. The molecule has 0 spiro atoms. The summed E-state index contributed by atoms with van der Waals surface area (Å²) in [5, 5.41) is 6.27. The molecule has 0 aliphatic carbocycles. The second-order valence-electron chi connectivity index (χ2n) is 4.92. The van der Waals surface area contributed by atoms with Crippen molar-refractivity contribution in [2.45, 2.75) is 58.1 Å². The third kappa shape index (κ3) is 6.64. The van der Waals surface area contributed by atoms with E-state index in [0.29, 0.717) is 6.10 Å². The average Bonchev–Trinajstić information content (AvgIpc) is 2.48. The van der Waals surface area contributed by atoms with Crippen molar-refractivity contribution in [2.75, 3.05) is 19.7 Å². The van der Waals surface area contributed by atoms with E-state index in [4.69, 9.17) is 4.74 Å². The number of hydrogen-bond acceptors (Lipinski definition) is 3. The van der Waals surface area contributed by atoms with Crippen molar-refractivity contribution in [3.8, 4) is 0 Å². The van der Waals surface area contributed by atoms with Crippen molar-refractivity contribution in [3.05, 3.63) is 0 Å². The average molecular weight is 242 g/mol. The molecule has 0 saturated carbocycles. The van der Waals surface area contributed by atoms with E-state index in [1.165, 1.54) is 0 Å². The van der Waals surface area contributed by atoms with Crippen LogP contribution in [0, 0.1) is 0 Å². The molecule has 4 nitrogen and oxygen atoms in total. The smallest absolute Gasteiger partial charge is 0.237 e. The van der Waals surface area contributed by atoms with Crippen LogP contribution in [0.2, 0.25) is 0 Å². The van der Waals surface area contributed by atoms with E-state index in [-0.39, 0.29) is 11.9 Å². The van der Waals surface area contributed by atoms with Crippen LogP contribution in [0.5, 0.6) is 0 Å². The number of hydrogen-bond donors (Lipinski definition) is 2. The van der Waals surface area contributed by atoms with Crippen LogP contribution >= 0.6 is 0 Å². The highest BCUT2D eigenvalue weighted by Crippen LogP contribution is 2.05. The van der Waals surface area contributed by atoms with Gasteiger partial charge in [0.25, 0.3) is 0 Å². The van der Waals surface area contributed by atoms with Gasteiger partial charge in [-0.15, -0.1) is 0 Å². The Balaban J connectivity index is 2.02. The second kappa shape index (κ2) is 8.48. The van der Waals surface area contributed by atoms with Crippen LogP contribution in [0.15, 0.2) is 0 Å². The molecular weight excluding hydrogens is 216 g/mol. The third-order valence-electron chi connectivity index (χ3n) is 2.95. The molecule has 1 atom stereocenters. The molecule has 0 aromatic rings. The lowest BCUT2D eigenvalue weighted by Crippen LogP contribution is -2.43. The lowest BCUT2D eigenvalue weighted by Gasteiger charge is -2.15. The first kappa shape index (κ1) is 14.5. The number of nitrogens with one attached hydrogen (secondary N) is 2. The lowest BCUT2D eigenvalue weighted by atomic mass is 10.1. The van der Waals surface area contributed by atoms with Crippen molar-refractivity contribution in [1.82, 2.24) is 10.6 Å². The van der Waals surface area contributed by atoms with E-state index in [0.717, 1.165) is 51.8 Å². The van der Waals surface area contributed by atoms with Gasteiger partial charge in [-0.25, -0.2) is 0 Å². The van der Waals surface area contributed by atoms with Gasteiger partial charge in [0.1, 0.15) is 0 Å². The minimum Gasteiger partial charge on any atom is -0.379 e. The number of carbonyl (C=O) groups is 1. The van der Waals surface area contributed by atoms with Gasteiger partial charge in [-0.1, -0.05) is 0 Å². The number of carbonyl (C=O) groups excluding carboxylic acids is 1. The van der Waals surface area contributed by atoms with Crippen LogP contribution in [0.1, 0.15) is 46.0 Å². The van der Waals surface area contributed by atoms with E-state index in [1.54, 1.807) is 0 Å². The SMILES string of the molecule is CC(C)OCCCCNC1CCCCNC1=O. The monoisotopic (exact) mass is 242 g/mol. The molecule has 1 amide bonds. The Bertz CT molecular complexity index is 219. The van der Waals surface area contributed by atoms with Crippen molar-refractivity contribution >= 4 is 5.91 Å². The van der Waals surface area contributed by atoms with Crippen LogP contribution in [0.3, 0.4) is 0 Å². The number of unbranched alkanes of at least 4 members (excludes halogenated alkanes) is 1. The summed E-state index contributed by atoms with van der Waals surface area (Å²) in [4.78, 5) is 11.6. The molecule has 2 N–H and O–H groups in total. The molecule has 17 heavy (non-hydrogen) atoms. The van der Waals surface area contributed by atoms with Crippen LogP contribution in [-0.2, 0) is 9.53 Å². The number of ether oxygens (including phenoxy) is 1. The van der Waals surface area contributed by atoms with Gasteiger partial charge in [0.2, 0.25) is 5.91 Å². The Morgan fingerprint density at radius 3 is 3.00 bits per heavy atom. The van der Waals surface area contributed by atoms with E-state index >= 15 is 0 Å². The maximum atomic E-state index is 11.6. The normalized spacial score (nSPS) is 21.4. The second-order valence-corrected chi connectivity index (χ2v) is 4.92. The van der Waals surface area contributed by atoms with Crippen LogP contribution in [0.25, 0.3) is 0 Å². The molecule has 1 saturated heterocycles. The largest absolute Gasteiger partial charge is 0.379 e. The predicted molar refractivity (Wildman–Crippen MR) is 69.0 cm³/mol. The minimum atomic E-state index is 0.0171. The Morgan fingerprint density at radius 2 is 2.24 bits per heavy atom. The molecule has 0 bridgehead atoms. The third-order valence-corrected chi connectivity index (χ3v) is 2.95. The van der Waals surface area contributed by atoms with Crippen molar-refractivity contribution < 1.29 is 9.53 Å². The Morgan fingerprint density at radius 1 is 1.41 bits per heavy atom. The summed E-state index contributed by atoms with van der Waals surface area (Å²) >= 11 is 0. The van der Waals surface area contributed by atoms with Gasteiger partial charge in [-0.2, -0.15) is 0 Å².